The fourth-order valence-corrected chi connectivity index (χ4v) is 4.33. The van der Waals surface area contributed by atoms with Crippen molar-refractivity contribution in [2.24, 2.45) is 0 Å². The number of carbonyl (C=O) groups is 1. The van der Waals surface area contributed by atoms with Gasteiger partial charge in [-0.2, -0.15) is 0 Å². The number of amides is 1. The van der Waals surface area contributed by atoms with E-state index in [-0.39, 0.29) is 28.8 Å². The smallest absolute Gasteiger partial charge is 0.234 e. The van der Waals surface area contributed by atoms with Crippen LogP contribution in [0.5, 0.6) is 5.75 Å². The van der Waals surface area contributed by atoms with Crippen LogP contribution in [0.15, 0.2) is 47.6 Å². The summed E-state index contributed by atoms with van der Waals surface area (Å²) in [4.78, 5) is 12.4. The van der Waals surface area contributed by atoms with Crippen molar-refractivity contribution in [1.29, 1.82) is 0 Å². The predicted octanol–water partition coefficient (Wildman–Crippen LogP) is 6.65. The lowest BCUT2D eigenvalue weighted by atomic mass is 10.0. The Balaban J connectivity index is 1.67. The number of nitrogens with one attached hydrogen (secondary N) is 1. The summed E-state index contributed by atoms with van der Waals surface area (Å²) in [5.74, 6) is 1.26. The number of rotatable bonds is 9. The summed E-state index contributed by atoms with van der Waals surface area (Å²) in [5, 5.41) is 12.1. The van der Waals surface area contributed by atoms with E-state index in [0.29, 0.717) is 22.6 Å². The van der Waals surface area contributed by atoms with Gasteiger partial charge in [-0.3, -0.25) is 4.79 Å². The molecule has 0 bridgehead atoms. The summed E-state index contributed by atoms with van der Waals surface area (Å²) in [6.45, 7) is 10.3. The number of thioether (sulfide) groups is 1. The summed E-state index contributed by atoms with van der Waals surface area (Å²) in [6.07, 6.45) is -0.328. The summed E-state index contributed by atoms with van der Waals surface area (Å²) < 4.78 is 21.3. The van der Waals surface area contributed by atoms with Gasteiger partial charge in [0.15, 0.2) is 17.1 Å². The number of benzene rings is 2. The van der Waals surface area contributed by atoms with Gasteiger partial charge in [-0.05, 0) is 62.6 Å². The third-order valence-corrected chi connectivity index (χ3v) is 6.22. The first kappa shape index (κ1) is 25.1. The zero-order valence-electron chi connectivity index (χ0n) is 19.3. The quantitative estimate of drug-likeness (QED) is 0.340. The molecule has 1 unspecified atom stereocenters. The van der Waals surface area contributed by atoms with E-state index in [9.17, 15) is 9.18 Å². The number of hydrogen-bond donors (Lipinski definition) is 1. The molecule has 176 valence electrons. The molecule has 3 aromatic rings. The molecule has 2 aromatic carbocycles. The zero-order valence-corrected chi connectivity index (χ0v) is 20.9. The Labute approximate surface area is 202 Å². The Morgan fingerprint density at radius 1 is 1.12 bits per heavy atom. The minimum absolute atomic E-state index is 0.0708. The Morgan fingerprint density at radius 3 is 2.42 bits per heavy atom. The van der Waals surface area contributed by atoms with Crippen LogP contribution in [0.4, 0.5) is 10.1 Å². The second-order valence-electron chi connectivity index (χ2n) is 8.25. The SMILES string of the molecule is CC(C)c1ccc(OC(C)c2nnc(SCC(=O)Nc3ccc(F)cc3Cl)n2C(C)C)cc1. The first-order valence-corrected chi connectivity index (χ1v) is 12.1. The fraction of sp³-hybridized carbons (Fsp3) is 0.375. The molecule has 1 amide bonds. The van der Waals surface area contributed by atoms with E-state index in [1.807, 2.05) is 37.5 Å². The maximum atomic E-state index is 13.2. The van der Waals surface area contributed by atoms with Crippen LogP contribution in [0.1, 0.15) is 64.1 Å². The highest BCUT2D eigenvalue weighted by Gasteiger charge is 2.22. The average Bonchev–Trinajstić information content (AvgIpc) is 3.19. The number of nitrogens with zero attached hydrogens (tertiary/aromatic N) is 3. The van der Waals surface area contributed by atoms with Crippen molar-refractivity contribution in [3.05, 3.63) is 64.7 Å². The van der Waals surface area contributed by atoms with Gasteiger partial charge in [-0.15, -0.1) is 10.2 Å². The molecule has 1 atom stereocenters. The molecule has 0 saturated carbocycles. The van der Waals surface area contributed by atoms with Crippen molar-refractivity contribution in [3.63, 3.8) is 0 Å². The largest absolute Gasteiger partial charge is 0.483 e. The fourth-order valence-electron chi connectivity index (χ4n) is 3.24. The molecular formula is C24H28ClFN4O2S. The van der Waals surface area contributed by atoms with Crippen molar-refractivity contribution < 1.29 is 13.9 Å². The Bertz CT molecular complexity index is 1100. The van der Waals surface area contributed by atoms with Gasteiger partial charge in [0.1, 0.15) is 11.6 Å². The van der Waals surface area contributed by atoms with E-state index in [4.69, 9.17) is 16.3 Å². The predicted molar refractivity (Wildman–Crippen MR) is 131 cm³/mol. The molecule has 1 N–H and O–H groups in total. The van der Waals surface area contributed by atoms with Crippen LogP contribution in [0.2, 0.25) is 5.02 Å². The molecule has 6 nitrogen and oxygen atoms in total. The average molecular weight is 491 g/mol. The number of halogens is 2. The molecule has 9 heteroatoms. The van der Waals surface area contributed by atoms with Gasteiger partial charge in [-0.1, -0.05) is 49.3 Å². The van der Waals surface area contributed by atoms with Gasteiger partial charge >= 0.3 is 0 Å². The topological polar surface area (TPSA) is 69.0 Å². The van der Waals surface area contributed by atoms with Crippen LogP contribution in [0.3, 0.4) is 0 Å². The maximum Gasteiger partial charge on any atom is 0.234 e. The van der Waals surface area contributed by atoms with Crippen molar-refractivity contribution in [2.75, 3.05) is 11.1 Å². The molecule has 0 fully saturated rings. The minimum atomic E-state index is -0.461. The second kappa shape index (κ2) is 11.0. The van der Waals surface area contributed by atoms with Crippen LogP contribution < -0.4 is 10.1 Å². The Hall–Kier alpha value is -2.58. The Kier molecular flexibility index (Phi) is 8.37. The lowest BCUT2D eigenvalue weighted by Gasteiger charge is -2.19. The molecule has 0 aliphatic heterocycles. The van der Waals surface area contributed by atoms with E-state index in [2.05, 4.69) is 41.5 Å². The first-order chi connectivity index (χ1) is 15.7. The highest BCUT2D eigenvalue weighted by molar-refractivity contribution is 7.99. The number of aromatic nitrogens is 3. The van der Waals surface area contributed by atoms with Crippen LogP contribution in [0, 0.1) is 5.82 Å². The zero-order chi connectivity index (χ0) is 24.1. The van der Waals surface area contributed by atoms with Gasteiger partial charge in [0, 0.05) is 6.04 Å². The lowest BCUT2D eigenvalue weighted by molar-refractivity contribution is -0.113. The number of hydrogen-bond acceptors (Lipinski definition) is 5. The van der Waals surface area contributed by atoms with E-state index < -0.39 is 5.82 Å². The van der Waals surface area contributed by atoms with Gasteiger partial charge in [-0.25, -0.2) is 4.39 Å². The van der Waals surface area contributed by atoms with E-state index >= 15 is 0 Å². The van der Waals surface area contributed by atoms with Crippen LogP contribution >= 0.6 is 23.4 Å². The van der Waals surface area contributed by atoms with Gasteiger partial charge in [0.2, 0.25) is 5.91 Å². The third-order valence-electron chi connectivity index (χ3n) is 4.97. The molecule has 3 rings (SSSR count). The maximum absolute atomic E-state index is 13.2. The van der Waals surface area contributed by atoms with E-state index in [1.54, 1.807) is 0 Å². The monoisotopic (exact) mass is 490 g/mol. The Morgan fingerprint density at radius 2 is 1.82 bits per heavy atom. The van der Waals surface area contributed by atoms with Crippen LogP contribution in [0.25, 0.3) is 0 Å². The summed E-state index contributed by atoms with van der Waals surface area (Å²) >= 11 is 7.25. The van der Waals surface area contributed by atoms with Crippen LogP contribution in [-0.4, -0.2) is 26.4 Å². The second-order valence-corrected chi connectivity index (χ2v) is 9.60. The van der Waals surface area contributed by atoms with Crippen molar-refractivity contribution in [1.82, 2.24) is 14.8 Å². The minimum Gasteiger partial charge on any atom is -0.483 e. The standard InChI is InChI=1S/C24H28ClFN4O2S/c1-14(2)17-6-9-19(10-7-17)32-16(5)23-28-29-24(30(23)15(3)4)33-13-22(31)27-21-11-8-18(26)12-20(21)25/h6-12,14-16H,13H2,1-5H3,(H,27,31). The highest BCUT2D eigenvalue weighted by atomic mass is 35.5. The number of carbonyl (C=O) groups excluding carboxylic acids is 1. The summed E-state index contributed by atoms with van der Waals surface area (Å²) in [6, 6.07) is 12.0. The van der Waals surface area contributed by atoms with Crippen LogP contribution in [-0.2, 0) is 4.79 Å². The third kappa shape index (κ3) is 6.48. The molecule has 0 aliphatic rings. The molecule has 0 radical (unpaired) electrons. The van der Waals surface area contributed by atoms with Gasteiger partial charge in [0.05, 0.1) is 16.5 Å². The molecule has 1 heterocycles. The normalized spacial score (nSPS) is 12.3. The molecule has 0 saturated heterocycles. The van der Waals surface area contributed by atoms with Crippen molar-refractivity contribution in [3.8, 4) is 5.75 Å². The van der Waals surface area contributed by atoms with E-state index in [0.717, 1.165) is 11.8 Å². The molecule has 0 spiro atoms. The molecule has 33 heavy (non-hydrogen) atoms. The molecule has 0 aliphatic carbocycles. The highest BCUT2D eigenvalue weighted by Crippen LogP contribution is 2.29. The van der Waals surface area contributed by atoms with E-state index in [1.165, 1.54) is 29.5 Å². The molecule has 1 aromatic heterocycles. The lowest BCUT2D eigenvalue weighted by Crippen LogP contribution is -2.17. The van der Waals surface area contributed by atoms with Crippen molar-refractivity contribution in [2.45, 2.75) is 57.8 Å². The summed E-state index contributed by atoms with van der Waals surface area (Å²) in [7, 11) is 0. The van der Waals surface area contributed by atoms with Gasteiger partial charge < -0.3 is 14.6 Å². The van der Waals surface area contributed by atoms with Crippen molar-refractivity contribution >= 4 is 35.0 Å². The first-order valence-electron chi connectivity index (χ1n) is 10.7. The summed E-state index contributed by atoms with van der Waals surface area (Å²) in [5.41, 5.74) is 1.61. The number of ether oxygens (including phenoxy) is 1. The molecular weight excluding hydrogens is 463 g/mol. The number of anilines is 1. The van der Waals surface area contributed by atoms with Gasteiger partial charge in [0.25, 0.3) is 0 Å².